The molecule has 2 aromatic rings. The van der Waals surface area contributed by atoms with Crippen LogP contribution >= 0.6 is 11.8 Å². The predicted molar refractivity (Wildman–Crippen MR) is 80.7 cm³/mol. The largest absolute Gasteiger partial charge is 0.308 e. The molecular weight excluding hydrogens is 270 g/mol. The second kappa shape index (κ2) is 5.93. The lowest BCUT2D eigenvalue weighted by Crippen LogP contribution is -2.35. The molecule has 0 atom stereocenters. The summed E-state index contributed by atoms with van der Waals surface area (Å²) < 4.78 is 1.91. The first kappa shape index (κ1) is 15.0. The van der Waals surface area contributed by atoms with Gasteiger partial charge in [-0.25, -0.2) is 4.98 Å². The van der Waals surface area contributed by atoms with E-state index in [1.54, 1.807) is 30.4 Å². The third-order valence-electron chi connectivity index (χ3n) is 2.83. The first-order valence-corrected chi connectivity index (χ1v) is 7.40. The number of hydrogen-bond donors (Lipinski definition) is 1. The molecule has 0 aliphatic carbocycles. The molecule has 0 aliphatic rings. The van der Waals surface area contributed by atoms with Crippen LogP contribution in [0.4, 0.5) is 0 Å². The summed E-state index contributed by atoms with van der Waals surface area (Å²) in [5.74, 6) is 0. The zero-order chi connectivity index (χ0) is 14.8. The minimum atomic E-state index is 0.0801. The van der Waals surface area contributed by atoms with Crippen molar-refractivity contribution >= 4 is 11.8 Å². The van der Waals surface area contributed by atoms with Gasteiger partial charge in [-0.1, -0.05) is 0 Å². The fraction of sp³-hybridized carbons (Fsp3) is 0.500. The van der Waals surface area contributed by atoms with Crippen molar-refractivity contribution in [1.82, 2.24) is 25.1 Å². The molecule has 6 heteroatoms. The molecule has 0 aliphatic heterocycles. The van der Waals surface area contributed by atoms with Crippen LogP contribution in [0.3, 0.4) is 0 Å². The van der Waals surface area contributed by atoms with E-state index in [2.05, 4.69) is 41.2 Å². The van der Waals surface area contributed by atoms with Crippen molar-refractivity contribution in [2.75, 3.05) is 0 Å². The van der Waals surface area contributed by atoms with Crippen LogP contribution in [-0.4, -0.2) is 25.3 Å². The highest BCUT2D eigenvalue weighted by Crippen LogP contribution is 2.30. The molecule has 20 heavy (non-hydrogen) atoms. The van der Waals surface area contributed by atoms with Gasteiger partial charge in [0.15, 0.2) is 0 Å². The molecule has 1 N–H and O–H groups in total. The highest BCUT2D eigenvalue weighted by atomic mass is 32.2. The van der Waals surface area contributed by atoms with Gasteiger partial charge in [0.1, 0.15) is 10.1 Å². The Balaban J connectivity index is 2.24. The molecule has 2 aromatic heterocycles. The second-order valence-electron chi connectivity index (χ2n) is 5.74. The zero-order valence-corrected chi connectivity index (χ0v) is 13.5. The standard InChI is InChI=1S/C14H21N5S/c1-10-11(8-17-14(2,3)4)13(19(5)18-10)20-12-9-15-6-7-16-12/h6-7,9,17H,8H2,1-5H3. The number of hydrogen-bond acceptors (Lipinski definition) is 5. The Bertz CT molecular complexity index is 571. The normalized spacial score (nSPS) is 11.8. The van der Waals surface area contributed by atoms with Gasteiger partial charge in [-0.05, 0) is 39.5 Å². The molecule has 0 amide bonds. The molecule has 0 saturated heterocycles. The van der Waals surface area contributed by atoms with Crippen LogP contribution in [0.5, 0.6) is 0 Å². The molecular formula is C14H21N5S. The molecule has 0 radical (unpaired) electrons. The number of nitrogens with one attached hydrogen (secondary N) is 1. The van der Waals surface area contributed by atoms with Gasteiger partial charge in [0.25, 0.3) is 0 Å². The van der Waals surface area contributed by atoms with E-state index < -0.39 is 0 Å². The van der Waals surface area contributed by atoms with Crippen LogP contribution in [0, 0.1) is 6.92 Å². The SMILES string of the molecule is Cc1nn(C)c(Sc2cnccn2)c1CNC(C)(C)C. The van der Waals surface area contributed by atoms with Crippen LogP contribution in [0.15, 0.2) is 28.6 Å². The number of rotatable bonds is 4. The molecule has 108 valence electrons. The Kier molecular flexibility index (Phi) is 4.45. The summed E-state index contributed by atoms with van der Waals surface area (Å²) in [5.41, 5.74) is 2.35. The first-order chi connectivity index (χ1) is 9.37. The predicted octanol–water partition coefficient (Wildman–Crippen LogP) is 2.56. The van der Waals surface area contributed by atoms with Crippen molar-refractivity contribution in [3.63, 3.8) is 0 Å². The van der Waals surface area contributed by atoms with Gasteiger partial charge >= 0.3 is 0 Å². The van der Waals surface area contributed by atoms with Crippen molar-refractivity contribution in [3.8, 4) is 0 Å². The van der Waals surface area contributed by atoms with E-state index in [9.17, 15) is 0 Å². The summed E-state index contributed by atoms with van der Waals surface area (Å²) >= 11 is 1.60. The van der Waals surface area contributed by atoms with E-state index in [1.165, 1.54) is 5.56 Å². The van der Waals surface area contributed by atoms with Crippen LogP contribution in [0.2, 0.25) is 0 Å². The number of nitrogens with zero attached hydrogens (tertiary/aromatic N) is 4. The Labute approximate surface area is 124 Å². The number of aryl methyl sites for hydroxylation is 2. The lowest BCUT2D eigenvalue weighted by molar-refractivity contribution is 0.421. The van der Waals surface area contributed by atoms with Crippen LogP contribution < -0.4 is 5.32 Å². The van der Waals surface area contributed by atoms with Gasteiger partial charge in [-0.2, -0.15) is 5.10 Å². The van der Waals surface area contributed by atoms with Crippen molar-refractivity contribution in [3.05, 3.63) is 29.8 Å². The van der Waals surface area contributed by atoms with Gasteiger partial charge in [0, 0.05) is 37.1 Å². The third kappa shape index (κ3) is 3.80. The molecule has 0 fully saturated rings. The average molecular weight is 291 g/mol. The smallest absolute Gasteiger partial charge is 0.121 e. The third-order valence-corrected chi connectivity index (χ3v) is 3.95. The molecule has 0 saturated carbocycles. The van der Waals surface area contributed by atoms with Gasteiger partial charge in [-0.3, -0.25) is 9.67 Å². The van der Waals surface area contributed by atoms with Crippen LogP contribution in [-0.2, 0) is 13.6 Å². The van der Waals surface area contributed by atoms with Crippen molar-refractivity contribution in [2.45, 2.75) is 49.8 Å². The Morgan fingerprint density at radius 2 is 2.05 bits per heavy atom. The monoisotopic (exact) mass is 291 g/mol. The average Bonchev–Trinajstić information content (AvgIpc) is 2.62. The maximum atomic E-state index is 4.52. The molecule has 2 rings (SSSR count). The van der Waals surface area contributed by atoms with Gasteiger partial charge in [-0.15, -0.1) is 0 Å². The van der Waals surface area contributed by atoms with Crippen molar-refractivity contribution in [1.29, 1.82) is 0 Å². The lowest BCUT2D eigenvalue weighted by atomic mass is 10.1. The summed E-state index contributed by atoms with van der Waals surface area (Å²) in [6.07, 6.45) is 5.16. The molecule has 5 nitrogen and oxygen atoms in total. The van der Waals surface area contributed by atoms with E-state index in [1.807, 2.05) is 18.7 Å². The van der Waals surface area contributed by atoms with Gasteiger partial charge in [0.2, 0.25) is 0 Å². The number of aromatic nitrogens is 4. The highest BCUT2D eigenvalue weighted by molar-refractivity contribution is 7.99. The van der Waals surface area contributed by atoms with Crippen molar-refractivity contribution < 1.29 is 0 Å². The van der Waals surface area contributed by atoms with E-state index in [0.29, 0.717) is 0 Å². The lowest BCUT2D eigenvalue weighted by Gasteiger charge is -2.20. The summed E-state index contributed by atoms with van der Waals surface area (Å²) in [4.78, 5) is 8.42. The van der Waals surface area contributed by atoms with E-state index in [4.69, 9.17) is 0 Å². The van der Waals surface area contributed by atoms with E-state index in [0.717, 1.165) is 22.3 Å². The van der Waals surface area contributed by atoms with E-state index in [-0.39, 0.29) is 5.54 Å². The molecule has 0 spiro atoms. The molecule has 0 bridgehead atoms. The summed E-state index contributed by atoms with van der Waals surface area (Å²) in [7, 11) is 1.96. The van der Waals surface area contributed by atoms with Crippen molar-refractivity contribution in [2.24, 2.45) is 7.05 Å². The van der Waals surface area contributed by atoms with E-state index >= 15 is 0 Å². The van der Waals surface area contributed by atoms with Crippen LogP contribution in [0.25, 0.3) is 0 Å². The molecule has 0 unspecified atom stereocenters. The Morgan fingerprint density at radius 3 is 2.65 bits per heavy atom. The fourth-order valence-corrected chi connectivity index (χ4v) is 2.74. The fourth-order valence-electron chi connectivity index (χ4n) is 1.80. The first-order valence-electron chi connectivity index (χ1n) is 6.58. The van der Waals surface area contributed by atoms with Gasteiger partial charge in [0.05, 0.1) is 11.9 Å². The highest BCUT2D eigenvalue weighted by Gasteiger charge is 2.17. The topological polar surface area (TPSA) is 55.6 Å². The maximum absolute atomic E-state index is 4.52. The second-order valence-corrected chi connectivity index (χ2v) is 6.75. The summed E-state index contributed by atoms with van der Waals surface area (Å²) in [6.45, 7) is 9.32. The maximum Gasteiger partial charge on any atom is 0.121 e. The Morgan fingerprint density at radius 1 is 1.30 bits per heavy atom. The zero-order valence-electron chi connectivity index (χ0n) is 12.6. The quantitative estimate of drug-likeness (QED) is 0.938. The molecule has 2 heterocycles. The summed E-state index contributed by atoms with van der Waals surface area (Å²) in [5, 5.41) is 10.0. The Hall–Kier alpha value is -1.40. The minimum Gasteiger partial charge on any atom is -0.308 e. The minimum absolute atomic E-state index is 0.0801. The molecule has 0 aromatic carbocycles. The summed E-state index contributed by atoms with van der Waals surface area (Å²) in [6, 6.07) is 0. The van der Waals surface area contributed by atoms with Crippen LogP contribution in [0.1, 0.15) is 32.0 Å². The van der Waals surface area contributed by atoms with Gasteiger partial charge < -0.3 is 5.32 Å².